The third kappa shape index (κ3) is 4.04. The first-order valence-corrected chi connectivity index (χ1v) is 13.1. The van der Waals surface area contributed by atoms with Gasteiger partial charge in [0.05, 0.1) is 24.4 Å². The quantitative estimate of drug-likeness (QED) is 0.715. The summed E-state index contributed by atoms with van der Waals surface area (Å²) in [5.74, 6) is -0.0435. The molecule has 2 atom stereocenters. The lowest BCUT2D eigenvalue weighted by Gasteiger charge is -2.39. The number of rotatable bonds is 3. The van der Waals surface area contributed by atoms with E-state index in [0.717, 1.165) is 17.5 Å². The average Bonchev–Trinajstić information content (AvgIpc) is 3.12. The minimum Gasteiger partial charge on any atom is -0.476 e. The van der Waals surface area contributed by atoms with Crippen LogP contribution in [-0.4, -0.2) is 57.1 Å². The Morgan fingerprint density at radius 2 is 1.88 bits per heavy atom. The second-order valence-corrected chi connectivity index (χ2v) is 11.1. The van der Waals surface area contributed by atoms with Gasteiger partial charge in [0.15, 0.2) is 6.10 Å². The Bertz CT molecular complexity index is 1230. The molecule has 3 aliphatic rings. The van der Waals surface area contributed by atoms with E-state index in [1.807, 2.05) is 6.07 Å². The predicted molar refractivity (Wildman–Crippen MR) is 125 cm³/mol. The van der Waals surface area contributed by atoms with Crippen LogP contribution in [0.2, 0.25) is 5.02 Å². The van der Waals surface area contributed by atoms with Crippen LogP contribution in [0.15, 0.2) is 42.5 Å². The highest BCUT2D eigenvalue weighted by atomic mass is 35.5. The van der Waals surface area contributed by atoms with Crippen molar-refractivity contribution in [1.82, 2.24) is 4.90 Å². The molecule has 33 heavy (non-hydrogen) atoms. The van der Waals surface area contributed by atoms with Gasteiger partial charge in [0.2, 0.25) is 15.9 Å². The van der Waals surface area contributed by atoms with E-state index in [9.17, 15) is 18.0 Å². The Morgan fingerprint density at radius 3 is 2.61 bits per heavy atom. The highest BCUT2D eigenvalue weighted by Gasteiger charge is 2.41. The third-order valence-electron chi connectivity index (χ3n) is 6.62. The van der Waals surface area contributed by atoms with Gasteiger partial charge in [0.1, 0.15) is 5.75 Å². The third-order valence-corrected chi connectivity index (χ3v) is 8.01. The number of nitrogens with zero attached hydrogens (tertiary/aromatic N) is 2. The minimum atomic E-state index is -3.57. The van der Waals surface area contributed by atoms with Crippen molar-refractivity contribution in [3.05, 3.63) is 53.1 Å². The molecule has 0 aromatic heterocycles. The van der Waals surface area contributed by atoms with Crippen LogP contribution in [0.5, 0.6) is 5.75 Å². The fourth-order valence-electron chi connectivity index (χ4n) is 5.03. The predicted octanol–water partition coefficient (Wildman–Crippen LogP) is 2.84. The number of para-hydroxylation sites is 2. The molecule has 1 N–H and O–H groups in total. The molecule has 5 rings (SSSR count). The molecule has 3 aliphatic heterocycles. The van der Waals surface area contributed by atoms with E-state index in [1.165, 1.54) is 4.31 Å². The Balaban J connectivity index is 1.29. The SMILES string of the molecule is CS(=O)(=O)N1CC(C(=O)N2CCC(C3C(=O)Nc4cc(Cl)ccc43)CC2)Oc2ccccc21. The molecule has 1 fully saturated rings. The number of hydrogen-bond donors (Lipinski definition) is 1. The number of carbonyl (C=O) groups excluding carboxylic acids is 2. The normalized spacial score (nSPS) is 22.9. The number of hydrogen-bond acceptors (Lipinski definition) is 5. The molecule has 10 heteroatoms. The number of likely N-dealkylation sites (tertiary alicyclic amines) is 1. The Labute approximate surface area is 197 Å². The van der Waals surface area contributed by atoms with Gasteiger partial charge in [0, 0.05) is 23.8 Å². The summed E-state index contributed by atoms with van der Waals surface area (Å²) in [7, 11) is -3.57. The van der Waals surface area contributed by atoms with Crippen LogP contribution in [0.4, 0.5) is 11.4 Å². The van der Waals surface area contributed by atoms with Crippen molar-refractivity contribution < 1.29 is 22.7 Å². The molecule has 3 heterocycles. The van der Waals surface area contributed by atoms with Gasteiger partial charge in [-0.1, -0.05) is 29.8 Å². The standard InChI is InChI=1S/C23H24ClN3O5S/c1-33(30,31)27-13-20(32-19-5-3-2-4-18(19)27)23(29)26-10-8-14(9-11-26)21-16-7-6-15(24)12-17(16)25-22(21)28/h2-7,12,14,20-21H,8-11,13H2,1H3,(H,25,28). The molecule has 0 spiro atoms. The average molecular weight is 490 g/mol. The van der Waals surface area contributed by atoms with E-state index >= 15 is 0 Å². The van der Waals surface area contributed by atoms with Gasteiger partial charge in [-0.15, -0.1) is 0 Å². The Hall–Kier alpha value is -2.78. The van der Waals surface area contributed by atoms with Crippen LogP contribution in [0.25, 0.3) is 0 Å². The van der Waals surface area contributed by atoms with Gasteiger partial charge in [-0.25, -0.2) is 8.42 Å². The van der Waals surface area contributed by atoms with E-state index < -0.39 is 16.1 Å². The number of benzene rings is 2. The van der Waals surface area contributed by atoms with Crippen molar-refractivity contribution in [2.24, 2.45) is 5.92 Å². The Kier molecular flexibility index (Phi) is 5.49. The fourth-order valence-corrected chi connectivity index (χ4v) is 6.12. The molecule has 2 unspecified atom stereocenters. The van der Waals surface area contributed by atoms with Gasteiger partial charge in [-0.05, 0) is 48.6 Å². The summed E-state index contributed by atoms with van der Waals surface area (Å²) in [5, 5.41) is 3.49. The maximum atomic E-state index is 13.2. The maximum absolute atomic E-state index is 13.2. The molecule has 2 aromatic carbocycles. The number of fused-ring (bicyclic) bond motifs is 2. The molecule has 8 nitrogen and oxygen atoms in total. The van der Waals surface area contributed by atoms with Gasteiger partial charge < -0.3 is 15.0 Å². The van der Waals surface area contributed by atoms with Crippen LogP contribution in [0.3, 0.4) is 0 Å². The largest absolute Gasteiger partial charge is 0.476 e. The molecule has 1 saturated heterocycles. The summed E-state index contributed by atoms with van der Waals surface area (Å²) >= 11 is 6.05. The maximum Gasteiger partial charge on any atom is 0.265 e. The van der Waals surface area contributed by atoms with Crippen LogP contribution >= 0.6 is 11.6 Å². The second-order valence-electron chi connectivity index (χ2n) is 8.73. The van der Waals surface area contributed by atoms with Crippen molar-refractivity contribution >= 4 is 44.8 Å². The van der Waals surface area contributed by atoms with Crippen LogP contribution in [0, 0.1) is 5.92 Å². The summed E-state index contributed by atoms with van der Waals surface area (Å²) in [6, 6.07) is 12.3. The zero-order valence-electron chi connectivity index (χ0n) is 18.0. The Morgan fingerprint density at radius 1 is 1.15 bits per heavy atom. The first kappa shape index (κ1) is 22.0. The summed E-state index contributed by atoms with van der Waals surface area (Å²) in [6.07, 6.45) is 1.55. The summed E-state index contributed by atoms with van der Waals surface area (Å²) in [5.41, 5.74) is 2.14. The molecule has 0 aliphatic carbocycles. The van der Waals surface area contributed by atoms with Crippen molar-refractivity contribution in [2.45, 2.75) is 24.9 Å². The van der Waals surface area contributed by atoms with Gasteiger partial charge >= 0.3 is 0 Å². The molecule has 0 saturated carbocycles. The van der Waals surface area contributed by atoms with E-state index in [2.05, 4.69) is 5.32 Å². The highest BCUT2D eigenvalue weighted by Crippen LogP contribution is 2.42. The number of carbonyl (C=O) groups is 2. The fraction of sp³-hybridized carbons (Fsp3) is 0.391. The van der Waals surface area contributed by atoms with Gasteiger partial charge in [-0.3, -0.25) is 13.9 Å². The first-order valence-electron chi connectivity index (χ1n) is 10.8. The van der Waals surface area contributed by atoms with Crippen LogP contribution in [0.1, 0.15) is 24.3 Å². The first-order chi connectivity index (χ1) is 15.7. The number of nitrogens with one attached hydrogen (secondary N) is 1. The number of amides is 2. The summed E-state index contributed by atoms with van der Waals surface area (Å²) in [4.78, 5) is 27.6. The van der Waals surface area contributed by atoms with Gasteiger partial charge in [-0.2, -0.15) is 0 Å². The van der Waals surface area contributed by atoms with Crippen molar-refractivity contribution in [2.75, 3.05) is 35.5 Å². The van der Waals surface area contributed by atoms with E-state index in [0.29, 0.717) is 42.4 Å². The van der Waals surface area contributed by atoms with Crippen molar-refractivity contribution in [3.8, 4) is 5.75 Å². The lowest BCUT2D eigenvalue weighted by Crippen LogP contribution is -2.53. The minimum absolute atomic E-state index is 0.0342. The number of halogens is 1. The molecular weight excluding hydrogens is 466 g/mol. The molecule has 0 bridgehead atoms. The zero-order valence-corrected chi connectivity index (χ0v) is 19.6. The molecular formula is C23H24ClN3O5S. The number of sulfonamides is 1. The molecule has 2 aromatic rings. The van der Waals surface area contributed by atoms with Crippen LogP contribution in [-0.2, 0) is 19.6 Å². The summed E-state index contributed by atoms with van der Waals surface area (Å²) in [6.45, 7) is 0.904. The highest BCUT2D eigenvalue weighted by molar-refractivity contribution is 7.92. The topological polar surface area (TPSA) is 96.0 Å². The second kappa shape index (κ2) is 8.22. The molecule has 2 amide bonds. The van der Waals surface area contributed by atoms with Crippen molar-refractivity contribution in [3.63, 3.8) is 0 Å². The van der Waals surface area contributed by atoms with Crippen molar-refractivity contribution in [1.29, 1.82) is 0 Å². The number of anilines is 2. The van der Waals surface area contributed by atoms with E-state index in [4.69, 9.17) is 16.3 Å². The lowest BCUT2D eigenvalue weighted by molar-refractivity contribution is -0.140. The monoisotopic (exact) mass is 489 g/mol. The molecule has 0 radical (unpaired) electrons. The number of piperidine rings is 1. The lowest BCUT2D eigenvalue weighted by atomic mass is 9.80. The van der Waals surface area contributed by atoms with Gasteiger partial charge in [0.25, 0.3) is 5.91 Å². The number of ether oxygens (including phenoxy) is 1. The zero-order chi connectivity index (χ0) is 23.3. The van der Waals surface area contributed by atoms with Crippen LogP contribution < -0.4 is 14.4 Å². The summed E-state index contributed by atoms with van der Waals surface area (Å²) < 4.78 is 31.8. The van der Waals surface area contributed by atoms with E-state index in [-0.39, 0.29) is 30.2 Å². The van der Waals surface area contributed by atoms with E-state index in [1.54, 1.807) is 41.3 Å². The smallest absolute Gasteiger partial charge is 0.265 e. The molecule has 174 valence electrons.